The SMILES string of the molecule is O=C(O)C[C@@H](c1cc(F)cc(F)c1)C1CCNCC1. The smallest absolute Gasteiger partial charge is 0.303 e. The Bertz CT molecular complexity index is 439. The molecule has 0 aromatic heterocycles. The van der Waals surface area contributed by atoms with Crippen LogP contribution in [0.5, 0.6) is 0 Å². The Morgan fingerprint density at radius 2 is 1.84 bits per heavy atom. The fourth-order valence-corrected chi connectivity index (χ4v) is 2.78. The lowest BCUT2D eigenvalue weighted by Crippen LogP contribution is -2.31. The summed E-state index contributed by atoms with van der Waals surface area (Å²) in [6, 6.07) is 3.31. The molecule has 1 aliphatic heterocycles. The quantitative estimate of drug-likeness (QED) is 0.883. The molecule has 0 bridgehead atoms. The van der Waals surface area contributed by atoms with Gasteiger partial charge in [-0.15, -0.1) is 0 Å². The van der Waals surface area contributed by atoms with Crippen LogP contribution in [0.4, 0.5) is 8.78 Å². The van der Waals surface area contributed by atoms with E-state index in [0.717, 1.165) is 32.0 Å². The summed E-state index contributed by atoms with van der Waals surface area (Å²) in [5, 5.41) is 12.2. The number of hydrogen-bond acceptors (Lipinski definition) is 2. The molecule has 2 N–H and O–H groups in total. The van der Waals surface area contributed by atoms with Crippen molar-refractivity contribution in [2.75, 3.05) is 13.1 Å². The van der Waals surface area contributed by atoms with Crippen molar-refractivity contribution in [3.8, 4) is 0 Å². The average molecular weight is 269 g/mol. The molecule has 0 aliphatic carbocycles. The zero-order valence-electron chi connectivity index (χ0n) is 10.5. The van der Waals surface area contributed by atoms with Crippen molar-refractivity contribution in [2.24, 2.45) is 5.92 Å². The van der Waals surface area contributed by atoms with Crippen LogP contribution in [0.25, 0.3) is 0 Å². The van der Waals surface area contributed by atoms with Crippen molar-refractivity contribution in [3.63, 3.8) is 0 Å². The monoisotopic (exact) mass is 269 g/mol. The molecular weight excluding hydrogens is 252 g/mol. The average Bonchev–Trinajstić information content (AvgIpc) is 2.35. The van der Waals surface area contributed by atoms with Gasteiger partial charge in [0.1, 0.15) is 11.6 Å². The summed E-state index contributed by atoms with van der Waals surface area (Å²) in [6.45, 7) is 1.64. The topological polar surface area (TPSA) is 49.3 Å². The lowest BCUT2D eigenvalue weighted by molar-refractivity contribution is -0.137. The largest absolute Gasteiger partial charge is 0.481 e. The number of piperidine rings is 1. The molecule has 0 saturated carbocycles. The molecule has 1 saturated heterocycles. The van der Waals surface area contributed by atoms with Crippen LogP contribution < -0.4 is 5.32 Å². The number of benzene rings is 1. The summed E-state index contributed by atoms with van der Waals surface area (Å²) in [4.78, 5) is 11.0. The van der Waals surface area contributed by atoms with Crippen LogP contribution >= 0.6 is 0 Å². The van der Waals surface area contributed by atoms with E-state index in [1.165, 1.54) is 12.1 Å². The first kappa shape index (κ1) is 13.9. The van der Waals surface area contributed by atoms with Gasteiger partial charge in [0.2, 0.25) is 0 Å². The van der Waals surface area contributed by atoms with Gasteiger partial charge in [0.05, 0.1) is 6.42 Å². The zero-order chi connectivity index (χ0) is 13.8. The first-order valence-corrected chi connectivity index (χ1v) is 6.45. The summed E-state index contributed by atoms with van der Waals surface area (Å²) >= 11 is 0. The molecule has 1 aromatic rings. The highest BCUT2D eigenvalue weighted by Crippen LogP contribution is 2.34. The van der Waals surface area contributed by atoms with Crippen LogP contribution in [0.2, 0.25) is 0 Å². The van der Waals surface area contributed by atoms with E-state index in [4.69, 9.17) is 5.11 Å². The van der Waals surface area contributed by atoms with Crippen LogP contribution in [0, 0.1) is 17.6 Å². The molecule has 0 amide bonds. The molecule has 1 aliphatic rings. The number of nitrogens with one attached hydrogen (secondary N) is 1. The van der Waals surface area contributed by atoms with Gasteiger partial charge in [0, 0.05) is 6.07 Å². The maximum Gasteiger partial charge on any atom is 0.303 e. The van der Waals surface area contributed by atoms with E-state index in [2.05, 4.69) is 5.32 Å². The van der Waals surface area contributed by atoms with Gasteiger partial charge >= 0.3 is 5.97 Å². The van der Waals surface area contributed by atoms with Gasteiger partial charge in [-0.05, 0) is 55.5 Å². The maximum absolute atomic E-state index is 13.3. The van der Waals surface area contributed by atoms with Crippen LogP contribution in [0.3, 0.4) is 0 Å². The van der Waals surface area contributed by atoms with E-state index in [-0.39, 0.29) is 18.3 Å². The summed E-state index contributed by atoms with van der Waals surface area (Å²) in [7, 11) is 0. The zero-order valence-corrected chi connectivity index (χ0v) is 10.5. The molecule has 0 unspecified atom stereocenters. The van der Waals surface area contributed by atoms with Crippen molar-refractivity contribution in [2.45, 2.75) is 25.2 Å². The normalized spacial score (nSPS) is 18.2. The third kappa shape index (κ3) is 3.73. The van der Waals surface area contributed by atoms with Gasteiger partial charge in [-0.3, -0.25) is 4.79 Å². The molecule has 3 nitrogen and oxygen atoms in total. The number of carboxylic acids is 1. The van der Waals surface area contributed by atoms with Gasteiger partial charge in [-0.1, -0.05) is 0 Å². The maximum atomic E-state index is 13.3. The fraction of sp³-hybridized carbons (Fsp3) is 0.500. The van der Waals surface area contributed by atoms with Gasteiger partial charge < -0.3 is 10.4 Å². The highest BCUT2D eigenvalue weighted by Gasteiger charge is 2.27. The molecule has 1 heterocycles. The molecule has 5 heteroatoms. The van der Waals surface area contributed by atoms with E-state index in [1.54, 1.807) is 0 Å². The van der Waals surface area contributed by atoms with Crippen LogP contribution in [-0.2, 0) is 4.79 Å². The molecule has 1 aromatic carbocycles. The third-order valence-corrected chi connectivity index (χ3v) is 3.66. The van der Waals surface area contributed by atoms with E-state index < -0.39 is 17.6 Å². The summed E-state index contributed by atoms with van der Waals surface area (Å²) in [6.07, 6.45) is 1.57. The van der Waals surface area contributed by atoms with E-state index >= 15 is 0 Å². The summed E-state index contributed by atoms with van der Waals surface area (Å²) < 4.78 is 26.6. The van der Waals surface area contributed by atoms with Crippen molar-refractivity contribution in [1.82, 2.24) is 5.32 Å². The Morgan fingerprint density at radius 3 is 2.37 bits per heavy atom. The highest BCUT2D eigenvalue weighted by atomic mass is 19.1. The van der Waals surface area contributed by atoms with E-state index in [9.17, 15) is 13.6 Å². The number of carboxylic acid groups (broad SMARTS) is 1. The number of rotatable bonds is 4. The minimum absolute atomic E-state index is 0.0897. The minimum atomic E-state index is -0.937. The van der Waals surface area contributed by atoms with Crippen molar-refractivity contribution in [3.05, 3.63) is 35.4 Å². The molecule has 2 rings (SSSR count). The Kier molecular flexibility index (Phi) is 4.47. The second kappa shape index (κ2) is 6.10. The molecule has 1 fully saturated rings. The summed E-state index contributed by atoms with van der Waals surface area (Å²) in [5.74, 6) is -2.42. The number of hydrogen-bond donors (Lipinski definition) is 2. The summed E-state index contributed by atoms with van der Waals surface area (Å²) in [5.41, 5.74) is 0.451. The molecule has 0 spiro atoms. The van der Waals surface area contributed by atoms with Crippen molar-refractivity contribution < 1.29 is 18.7 Å². The molecular formula is C14H17F2NO2. The Balaban J connectivity index is 2.27. The van der Waals surface area contributed by atoms with E-state index in [1.807, 2.05) is 0 Å². The molecule has 104 valence electrons. The van der Waals surface area contributed by atoms with Crippen LogP contribution in [-0.4, -0.2) is 24.2 Å². The van der Waals surface area contributed by atoms with E-state index in [0.29, 0.717) is 5.56 Å². The van der Waals surface area contributed by atoms with Gasteiger partial charge in [0.15, 0.2) is 0 Å². The van der Waals surface area contributed by atoms with Gasteiger partial charge in [-0.2, -0.15) is 0 Å². The lowest BCUT2D eigenvalue weighted by atomic mass is 9.78. The Labute approximate surface area is 110 Å². The molecule has 0 radical (unpaired) electrons. The van der Waals surface area contributed by atoms with Crippen molar-refractivity contribution in [1.29, 1.82) is 0 Å². The molecule has 19 heavy (non-hydrogen) atoms. The number of halogens is 2. The van der Waals surface area contributed by atoms with Gasteiger partial charge in [0.25, 0.3) is 0 Å². The first-order chi connectivity index (χ1) is 9.06. The Hall–Kier alpha value is -1.49. The third-order valence-electron chi connectivity index (χ3n) is 3.66. The highest BCUT2D eigenvalue weighted by molar-refractivity contribution is 5.68. The first-order valence-electron chi connectivity index (χ1n) is 6.45. The second-order valence-electron chi connectivity index (χ2n) is 4.99. The second-order valence-corrected chi connectivity index (χ2v) is 4.99. The standard InChI is InChI=1S/C14H17F2NO2/c15-11-5-10(6-12(16)7-11)13(8-14(18)19)9-1-3-17-4-2-9/h5-7,9,13,17H,1-4,8H2,(H,18,19)/t13-/m1/s1. The predicted octanol–water partition coefficient (Wildman–Crippen LogP) is 2.52. The van der Waals surface area contributed by atoms with Crippen LogP contribution in [0.1, 0.15) is 30.7 Å². The lowest BCUT2D eigenvalue weighted by Gasteiger charge is -2.30. The van der Waals surface area contributed by atoms with Crippen LogP contribution in [0.15, 0.2) is 18.2 Å². The fourth-order valence-electron chi connectivity index (χ4n) is 2.78. The molecule has 1 atom stereocenters. The van der Waals surface area contributed by atoms with Gasteiger partial charge in [-0.25, -0.2) is 8.78 Å². The minimum Gasteiger partial charge on any atom is -0.481 e. The van der Waals surface area contributed by atoms with Crippen molar-refractivity contribution >= 4 is 5.97 Å². The predicted molar refractivity (Wildman–Crippen MR) is 66.9 cm³/mol. The number of carbonyl (C=O) groups is 1. The Morgan fingerprint density at radius 1 is 1.26 bits per heavy atom. The number of aliphatic carboxylic acids is 1.